The molecule has 1 N–H and O–H groups in total. The highest BCUT2D eigenvalue weighted by Gasteiger charge is 2.32. The van der Waals surface area contributed by atoms with Gasteiger partial charge >= 0.3 is 17.9 Å². The van der Waals surface area contributed by atoms with Crippen LogP contribution in [0.2, 0.25) is 0 Å². The molecule has 3 aromatic heterocycles. The Kier molecular flexibility index (Phi) is 5.22. The number of nitro groups is 1. The molecule has 5 rings (SSSR count). The summed E-state index contributed by atoms with van der Waals surface area (Å²) in [5.74, 6) is 0.0957. The lowest BCUT2D eigenvalue weighted by Gasteiger charge is -2.22. The molecule has 5 heterocycles. The third-order valence-corrected chi connectivity index (χ3v) is 5.17. The Labute approximate surface area is 186 Å². The molecule has 0 aliphatic carbocycles. The molecule has 170 valence electrons. The monoisotopic (exact) mass is 454 g/mol. The molecule has 13 heteroatoms. The summed E-state index contributed by atoms with van der Waals surface area (Å²) >= 11 is 0. The van der Waals surface area contributed by atoms with Crippen molar-refractivity contribution in [2.24, 2.45) is 0 Å². The van der Waals surface area contributed by atoms with E-state index in [0.717, 1.165) is 5.56 Å². The van der Waals surface area contributed by atoms with Crippen molar-refractivity contribution in [1.29, 1.82) is 0 Å². The van der Waals surface area contributed by atoms with Crippen molar-refractivity contribution in [3.63, 3.8) is 0 Å². The minimum atomic E-state index is -0.575. The van der Waals surface area contributed by atoms with Crippen LogP contribution in [-0.4, -0.2) is 67.6 Å². The minimum Gasteiger partial charge on any atom is -0.469 e. The van der Waals surface area contributed by atoms with Gasteiger partial charge in [0.25, 0.3) is 0 Å². The smallest absolute Gasteiger partial charge is 0.414 e. The second-order valence-corrected chi connectivity index (χ2v) is 7.43. The van der Waals surface area contributed by atoms with Gasteiger partial charge in [0.2, 0.25) is 5.88 Å². The lowest BCUT2D eigenvalue weighted by molar-refractivity contribution is -0.389. The number of anilines is 1. The second kappa shape index (κ2) is 8.35. The summed E-state index contributed by atoms with van der Waals surface area (Å²) in [6.45, 7) is 0.572. The second-order valence-electron chi connectivity index (χ2n) is 7.43. The van der Waals surface area contributed by atoms with Crippen LogP contribution in [0.5, 0.6) is 11.9 Å². The third-order valence-electron chi connectivity index (χ3n) is 5.17. The first-order valence-corrected chi connectivity index (χ1v) is 10.0. The number of aliphatic hydroxyl groups excluding tert-OH is 1. The van der Waals surface area contributed by atoms with E-state index in [-0.39, 0.29) is 37.7 Å². The zero-order valence-electron chi connectivity index (χ0n) is 17.1. The van der Waals surface area contributed by atoms with Crippen LogP contribution in [0.3, 0.4) is 0 Å². The molecule has 0 spiro atoms. The fourth-order valence-electron chi connectivity index (χ4n) is 3.55. The number of hydrogen-bond acceptors (Lipinski definition) is 10. The highest BCUT2D eigenvalue weighted by Crippen LogP contribution is 2.26. The van der Waals surface area contributed by atoms with E-state index in [2.05, 4.69) is 15.0 Å². The van der Waals surface area contributed by atoms with E-state index in [0.29, 0.717) is 23.8 Å². The van der Waals surface area contributed by atoms with Crippen LogP contribution >= 0.6 is 0 Å². The average Bonchev–Trinajstić information content (AvgIpc) is 3.43. The Morgan fingerprint density at radius 2 is 2.09 bits per heavy atom. The molecule has 0 saturated carbocycles. The van der Waals surface area contributed by atoms with Crippen molar-refractivity contribution in [1.82, 2.24) is 19.5 Å². The number of carbonyl (C=O) groups excluding carboxylic acids is 1. The number of pyridine rings is 2. The molecular formula is C20H18N6O7. The molecule has 2 atom stereocenters. The summed E-state index contributed by atoms with van der Waals surface area (Å²) in [6.07, 6.45) is 3.03. The van der Waals surface area contributed by atoms with Gasteiger partial charge in [-0.1, -0.05) is 0 Å². The summed E-state index contributed by atoms with van der Waals surface area (Å²) < 4.78 is 17.9. The zero-order chi connectivity index (χ0) is 22.9. The van der Waals surface area contributed by atoms with Gasteiger partial charge in [-0.05, 0) is 23.1 Å². The SMILES string of the molecule is O=C1O[C@@H](CO)CN1c1ccc(-c2ccc(O[C@@H]3COc4nc([N+](=O)[O-])cn4C3)nc2)nc1. The lowest BCUT2D eigenvalue weighted by Crippen LogP contribution is -2.34. The van der Waals surface area contributed by atoms with Crippen molar-refractivity contribution in [2.75, 3.05) is 24.7 Å². The Hall–Kier alpha value is -4.26. The Morgan fingerprint density at radius 3 is 2.76 bits per heavy atom. The van der Waals surface area contributed by atoms with Crippen LogP contribution in [0.1, 0.15) is 0 Å². The van der Waals surface area contributed by atoms with Crippen LogP contribution in [0.15, 0.2) is 42.9 Å². The fourth-order valence-corrected chi connectivity index (χ4v) is 3.55. The third kappa shape index (κ3) is 4.13. The van der Waals surface area contributed by atoms with E-state index in [9.17, 15) is 14.9 Å². The maximum Gasteiger partial charge on any atom is 0.414 e. The molecule has 1 amide bonds. The van der Waals surface area contributed by atoms with Gasteiger partial charge in [-0.3, -0.25) is 14.5 Å². The summed E-state index contributed by atoms with van der Waals surface area (Å²) in [5.41, 5.74) is 1.98. The van der Waals surface area contributed by atoms with Crippen molar-refractivity contribution in [3.05, 3.63) is 53.0 Å². The van der Waals surface area contributed by atoms with E-state index in [1.54, 1.807) is 36.7 Å². The van der Waals surface area contributed by atoms with E-state index < -0.39 is 17.1 Å². The topological polar surface area (TPSA) is 155 Å². The molecule has 0 bridgehead atoms. The Bertz CT molecular complexity index is 1180. The normalized spacial score (nSPS) is 19.5. The highest BCUT2D eigenvalue weighted by molar-refractivity contribution is 5.89. The van der Waals surface area contributed by atoms with Gasteiger partial charge < -0.3 is 29.4 Å². The number of hydrogen-bond donors (Lipinski definition) is 1. The average molecular weight is 454 g/mol. The zero-order valence-corrected chi connectivity index (χ0v) is 17.1. The van der Waals surface area contributed by atoms with E-state index in [4.69, 9.17) is 19.3 Å². The Balaban J connectivity index is 1.23. The molecule has 0 aromatic carbocycles. The molecule has 1 fully saturated rings. The number of fused-ring (bicyclic) bond motifs is 1. The van der Waals surface area contributed by atoms with Gasteiger partial charge in [0, 0.05) is 22.8 Å². The number of cyclic esters (lactones) is 1. The van der Waals surface area contributed by atoms with Crippen LogP contribution < -0.4 is 14.4 Å². The maximum atomic E-state index is 11.9. The van der Waals surface area contributed by atoms with Gasteiger partial charge in [-0.2, -0.15) is 0 Å². The van der Waals surface area contributed by atoms with Gasteiger partial charge in [0.15, 0.2) is 6.10 Å². The number of nitrogens with zero attached hydrogens (tertiary/aromatic N) is 6. The lowest BCUT2D eigenvalue weighted by atomic mass is 10.2. The number of amides is 1. The number of aliphatic hydroxyl groups is 1. The van der Waals surface area contributed by atoms with Crippen molar-refractivity contribution in [2.45, 2.75) is 18.8 Å². The molecule has 2 aliphatic heterocycles. The maximum absolute atomic E-state index is 11.9. The van der Waals surface area contributed by atoms with Crippen molar-refractivity contribution >= 4 is 17.6 Å². The van der Waals surface area contributed by atoms with Crippen LogP contribution in [0.4, 0.5) is 16.3 Å². The summed E-state index contributed by atoms with van der Waals surface area (Å²) in [4.78, 5) is 36.1. The van der Waals surface area contributed by atoms with E-state index in [1.807, 2.05) is 0 Å². The summed E-state index contributed by atoms with van der Waals surface area (Å²) in [6, 6.07) is 7.19. The van der Waals surface area contributed by atoms with Crippen molar-refractivity contribution < 1.29 is 29.0 Å². The number of imidazole rings is 1. The number of rotatable bonds is 6. The molecule has 0 radical (unpaired) electrons. The molecule has 13 nitrogen and oxygen atoms in total. The van der Waals surface area contributed by atoms with Gasteiger partial charge in [-0.25, -0.2) is 9.78 Å². The van der Waals surface area contributed by atoms with Gasteiger partial charge in [-0.15, -0.1) is 0 Å². The first kappa shape index (κ1) is 20.6. The summed E-state index contributed by atoms with van der Waals surface area (Å²) in [7, 11) is 0. The van der Waals surface area contributed by atoms with Gasteiger partial charge in [0.05, 0.1) is 37.3 Å². The molecular weight excluding hydrogens is 436 g/mol. The standard InChI is InChI=1S/C20H18N6O7/c27-10-14-8-25(20(28)33-14)13-2-3-16(21-6-13)12-1-4-18(22-5-12)32-15-7-24-9-17(26(29)30)23-19(24)31-11-15/h1-6,9,14-15,27H,7-8,10-11H2/t14-,15+/m1/s1. The summed E-state index contributed by atoms with van der Waals surface area (Å²) in [5, 5.41) is 20.0. The number of aromatic nitrogens is 4. The van der Waals surface area contributed by atoms with Crippen LogP contribution in [0.25, 0.3) is 11.3 Å². The van der Waals surface area contributed by atoms with E-state index >= 15 is 0 Å². The Morgan fingerprint density at radius 1 is 1.21 bits per heavy atom. The van der Waals surface area contributed by atoms with Crippen LogP contribution in [-0.2, 0) is 11.3 Å². The first-order valence-electron chi connectivity index (χ1n) is 10.0. The minimum absolute atomic E-state index is 0.188. The van der Waals surface area contributed by atoms with E-state index in [1.165, 1.54) is 15.7 Å². The fraction of sp³-hybridized carbons (Fsp3) is 0.300. The molecule has 33 heavy (non-hydrogen) atoms. The first-order chi connectivity index (χ1) is 16.0. The molecule has 3 aromatic rings. The van der Waals surface area contributed by atoms with Crippen molar-refractivity contribution in [3.8, 4) is 23.1 Å². The molecule has 1 saturated heterocycles. The quantitative estimate of drug-likeness (QED) is 0.427. The largest absolute Gasteiger partial charge is 0.469 e. The predicted octanol–water partition coefficient (Wildman–Crippen LogP) is 1.41. The molecule has 2 aliphatic rings. The highest BCUT2D eigenvalue weighted by atomic mass is 16.6. The van der Waals surface area contributed by atoms with Gasteiger partial charge in [0.1, 0.15) is 18.9 Å². The predicted molar refractivity (Wildman–Crippen MR) is 111 cm³/mol. The number of ether oxygens (including phenoxy) is 3. The van der Waals surface area contributed by atoms with Crippen LogP contribution in [0, 0.1) is 10.1 Å². The molecule has 0 unspecified atom stereocenters. The number of carbonyl (C=O) groups is 1.